The Labute approximate surface area is 212 Å². The van der Waals surface area contributed by atoms with Crippen LogP contribution in [-0.4, -0.2) is 48.2 Å². The zero-order chi connectivity index (χ0) is 24.1. The highest BCUT2D eigenvalue weighted by atomic mass is 35.5. The molecule has 3 aromatic rings. The number of rotatable bonds is 7. The number of nitrogens with zero attached hydrogens (tertiary/aromatic N) is 2. The number of carbonyl (C=O) groups is 2. The maximum absolute atomic E-state index is 12.7. The molecule has 1 saturated heterocycles. The van der Waals surface area contributed by atoms with Crippen molar-refractivity contribution in [3.8, 4) is 5.75 Å². The van der Waals surface area contributed by atoms with Crippen molar-refractivity contribution in [3.63, 3.8) is 0 Å². The Hall–Kier alpha value is -2.55. The first-order valence-electron chi connectivity index (χ1n) is 11.0. The van der Waals surface area contributed by atoms with E-state index in [0.717, 1.165) is 23.4 Å². The van der Waals surface area contributed by atoms with E-state index < -0.39 is 0 Å². The summed E-state index contributed by atoms with van der Waals surface area (Å²) in [4.78, 5) is 33.1. The van der Waals surface area contributed by atoms with Crippen molar-refractivity contribution in [1.82, 2.24) is 9.88 Å². The third-order valence-electron chi connectivity index (χ3n) is 5.88. The van der Waals surface area contributed by atoms with E-state index in [1.165, 1.54) is 16.2 Å². The Bertz CT molecular complexity index is 1160. The molecular formula is C25H26ClN3O3S2. The first-order chi connectivity index (χ1) is 16.5. The molecule has 1 aliphatic heterocycles. The van der Waals surface area contributed by atoms with Crippen molar-refractivity contribution < 1.29 is 14.3 Å². The van der Waals surface area contributed by atoms with Crippen LogP contribution in [0.1, 0.15) is 39.8 Å². The van der Waals surface area contributed by atoms with Gasteiger partial charge in [0.1, 0.15) is 11.4 Å². The minimum Gasteiger partial charge on any atom is -0.495 e. The van der Waals surface area contributed by atoms with Crippen molar-refractivity contribution in [2.75, 3.05) is 31.8 Å². The van der Waals surface area contributed by atoms with Gasteiger partial charge in [-0.15, -0.1) is 23.1 Å². The second kappa shape index (κ2) is 11.3. The largest absolute Gasteiger partial charge is 0.495 e. The summed E-state index contributed by atoms with van der Waals surface area (Å²) in [6, 6.07) is 13.3. The Morgan fingerprint density at radius 3 is 2.59 bits per heavy atom. The summed E-state index contributed by atoms with van der Waals surface area (Å²) in [5.74, 6) is 0.692. The Kier molecular flexibility index (Phi) is 8.13. The number of nitrogens with one attached hydrogen (secondary N) is 1. The first kappa shape index (κ1) is 24.6. The molecule has 0 spiro atoms. The molecule has 2 heterocycles. The standard InChI is InChI=1S/C25H26ClN3O3S2/c1-32-22-8-5-18(14-20(22)26)27-24(31)21-15-34-25(28-21)17-9-11-29(12-10-17)23(30)13-16-3-6-19(33-2)7-4-16/h3-8,14-15,17H,9-13H2,1-2H3,(H,27,31). The third-order valence-corrected chi connectivity index (χ3v) is 7.92. The number of thioether (sulfide) groups is 1. The number of hydrogen-bond donors (Lipinski definition) is 1. The summed E-state index contributed by atoms with van der Waals surface area (Å²) in [6.07, 6.45) is 4.16. The molecule has 0 unspecified atom stereocenters. The van der Waals surface area contributed by atoms with Gasteiger partial charge in [0.15, 0.2) is 0 Å². The van der Waals surface area contributed by atoms with E-state index in [-0.39, 0.29) is 17.7 Å². The molecular weight excluding hydrogens is 490 g/mol. The number of likely N-dealkylation sites (tertiary alicyclic amines) is 1. The number of halogens is 1. The molecule has 0 radical (unpaired) electrons. The van der Waals surface area contributed by atoms with Gasteiger partial charge in [-0.25, -0.2) is 4.98 Å². The number of anilines is 1. The maximum atomic E-state index is 12.7. The zero-order valence-electron chi connectivity index (χ0n) is 19.0. The molecule has 34 heavy (non-hydrogen) atoms. The molecule has 0 bridgehead atoms. The highest BCUT2D eigenvalue weighted by Crippen LogP contribution is 2.31. The van der Waals surface area contributed by atoms with Crippen molar-refractivity contribution >= 4 is 52.2 Å². The number of ether oxygens (including phenoxy) is 1. The van der Waals surface area contributed by atoms with Gasteiger partial charge in [-0.2, -0.15) is 0 Å². The summed E-state index contributed by atoms with van der Waals surface area (Å²) in [5.41, 5.74) is 2.01. The lowest BCUT2D eigenvalue weighted by molar-refractivity contribution is -0.131. The Morgan fingerprint density at radius 2 is 1.94 bits per heavy atom. The lowest BCUT2D eigenvalue weighted by Crippen LogP contribution is -2.38. The third kappa shape index (κ3) is 5.92. The van der Waals surface area contributed by atoms with Crippen LogP contribution in [0.15, 0.2) is 52.7 Å². The predicted molar refractivity (Wildman–Crippen MR) is 139 cm³/mol. The van der Waals surface area contributed by atoms with Crippen LogP contribution in [0.2, 0.25) is 5.02 Å². The van der Waals surface area contributed by atoms with Gasteiger partial charge in [0.05, 0.1) is 23.6 Å². The number of carbonyl (C=O) groups excluding carboxylic acids is 2. The fourth-order valence-electron chi connectivity index (χ4n) is 3.92. The average Bonchev–Trinajstić information content (AvgIpc) is 3.35. The van der Waals surface area contributed by atoms with Crippen LogP contribution in [-0.2, 0) is 11.2 Å². The molecule has 2 aromatic carbocycles. The van der Waals surface area contributed by atoms with Crippen LogP contribution in [0.4, 0.5) is 5.69 Å². The SMILES string of the molecule is COc1ccc(NC(=O)c2csc(C3CCN(C(=O)Cc4ccc(SC)cc4)CC3)n2)cc1Cl. The first-order valence-corrected chi connectivity index (χ1v) is 13.5. The summed E-state index contributed by atoms with van der Waals surface area (Å²) in [5, 5.41) is 5.98. The molecule has 1 aliphatic rings. The summed E-state index contributed by atoms with van der Waals surface area (Å²) >= 11 is 9.33. The summed E-state index contributed by atoms with van der Waals surface area (Å²) in [7, 11) is 1.54. The number of benzene rings is 2. The van der Waals surface area contributed by atoms with Crippen LogP contribution in [0.3, 0.4) is 0 Å². The fraction of sp³-hybridized carbons (Fsp3) is 0.320. The number of amides is 2. The highest BCUT2D eigenvalue weighted by molar-refractivity contribution is 7.98. The van der Waals surface area contributed by atoms with Gasteiger partial charge in [0.2, 0.25) is 5.91 Å². The van der Waals surface area contributed by atoms with Gasteiger partial charge in [-0.3, -0.25) is 9.59 Å². The molecule has 4 rings (SSSR count). The number of piperidine rings is 1. The van der Waals surface area contributed by atoms with Gasteiger partial charge < -0.3 is 15.0 Å². The predicted octanol–water partition coefficient (Wildman–Crippen LogP) is 5.73. The molecule has 0 aliphatic carbocycles. The normalized spacial score (nSPS) is 14.1. The van der Waals surface area contributed by atoms with E-state index >= 15 is 0 Å². The molecule has 178 valence electrons. The van der Waals surface area contributed by atoms with Crippen molar-refractivity contribution in [1.29, 1.82) is 0 Å². The lowest BCUT2D eigenvalue weighted by atomic mass is 9.97. The van der Waals surface area contributed by atoms with Crippen molar-refractivity contribution in [2.45, 2.75) is 30.1 Å². The average molecular weight is 516 g/mol. The van der Waals surface area contributed by atoms with E-state index in [4.69, 9.17) is 16.3 Å². The van der Waals surface area contributed by atoms with Gasteiger partial charge in [0.25, 0.3) is 5.91 Å². The van der Waals surface area contributed by atoms with Crippen LogP contribution in [0.25, 0.3) is 0 Å². The number of thiazole rings is 1. The van der Waals surface area contributed by atoms with Crippen LogP contribution in [0, 0.1) is 0 Å². The topological polar surface area (TPSA) is 71.5 Å². The molecule has 9 heteroatoms. The van der Waals surface area contributed by atoms with Crippen molar-refractivity contribution in [3.05, 3.63) is 69.1 Å². The van der Waals surface area contributed by atoms with Gasteiger partial charge in [-0.1, -0.05) is 23.7 Å². The van der Waals surface area contributed by atoms with E-state index in [0.29, 0.717) is 41.7 Å². The minimum absolute atomic E-state index is 0.160. The zero-order valence-corrected chi connectivity index (χ0v) is 21.4. The smallest absolute Gasteiger partial charge is 0.275 e. The molecule has 1 fully saturated rings. The Morgan fingerprint density at radius 1 is 1.21 bits per heavy atom. The van der Waals surface area contributed by atoms with E-state index in [9.17, 15) is 9.59 Å². The second-order valence-electron chi connectivity index (χ2n) is 8.05. The number of methoxy groups -OCH3 is 1. The van der Waals surface area contributed by atoms with Crippen LogP contribution < -0.4 is 10.1 Å². The van der Waals surface area contributed by atoms with E-state index in [2.05, 4.69) is 22.4 Å². The minimum atomic E-state index is -0.274. The van der Waals surface area contributed by atoms with Crippen LogP contribution in [0.5, 0.6) is 5.75 Å². The second-order valence-corrected chi connectivity index (χ2v) is 10.2. The number of aromatic nitrogens is 1. The molecule has 2 amide bonds. The van der Waals surface area contributed by atoms with Crippen molar-refractivity contribution in [2.24, 2.45) is 0 Å². The molecule has 1 N–H and O–H groups in total. The maximum Gasteiger partial charge on any atom is 0.275 e. The van der Waals surface area contributed by atoms with Gasteiger partial charge >= 0.3 is 0 Å². The van der Waals surface area contributed by atoms with E-state index in [1.54, 1.807) is 42.5 Å². The molecule has 0 saturated carbocycles. The summed E-state index contributed by atoms with van der Waals surface area (Å²) < 4.78 is 5.14. The highest BCUT2D eigenvalue weighted by Gasteiger charge is 2.26. The van der Waals surface area contributed by atoms with Gasteiger partial charge in [0, 0.05) is 35.0 Å². The fourth-order valence-corrected chi connectivity index (χ4v) is 5.56. The van der Waals surface area contributed by atoms with Gasteiger partial charge in [-0.05, 0) is 55.0 Å². The molecule has 1 aromatic heterocycles. The summed E-state index contributed by atoms with van der Waals surface area (Å²) in [6.45, 7) is 1.41. The molecule has 0 atom stereocenters. The molecule has 6 nitrogen and oxygen atoms in total. The quantitative estimate of drug-likeness (QED) is 0.407. The Balaban J connectivity index is 1.30. The monoisotopic (exact) mass is 515 g/mol. The lowest BCUT2D eigenvalue weighted by Gasteiger charge is -2.31. The number of hydrogen-bond acceptors (Lipinski definition) is 6. The van der Waals surface area contributed by atoms with E-state index in [1.807, 2.05) is 23.3 Å². The van der Waals surface area contributed by atoms with Crippen LogP contribution >= 0.6 is 34.7 Å².